The number of thiocarbonyl (C=S) groups is 1. The van der Waals surface area contributed by atoms with Gasteiger partial charge in [-0.25, -0.2) is 0 Å². The number of hydrogen-bond donors (Lipinski definition) is 0. The minimum Gasteiger partial charge on any atom is -0.493 e. The average Bonchev–Trinajstić information content (AvgIpc) is 3.05. The number of ether oxygens (including phenoxy) is 3. The van der Waals surface area contributed by atoms with Crippen molar-refractivity contribution in [2.75, 3.05) is 20.3 Å². The number of amides is 1. The van der Waals surface area contributed by atoms with E-state index in [1.165, 1.54) is 12.0 Å². The standard InChI is InChI=1S/C24H23Cl2NO5S2/c1-14(2)12-32-22(28)11-27-23(29)21(34-24(27)33)10-15-7-8-19(20(9-15)30-3)31-13-16-17(25)5-4-6-18(16)26/h4-10,14H,11-13H2,1-3H3/b21-10-. The zero-order valence-corrected chi connectivity index (χ0v) is 21.9. The second-order valence-corrected chi connectivity index (χ2v) is 10.2. The Morgan fingerprint density at radius 1 is 1.18 bits per heavy atom. The molecule has 6 nitrogen and oxygen atoms in total. The SMILES string of the molecule is COc1cc(/C=C2\SC(=S)N(CC(=O)OCC(C)C)C2=O)ccc1OCc1c(Cl)cccc1Cl. The van der Waals surface area contributed by atoms with Crippen LogP contribution in [0.15, 0.2) is 41.3 Å². The van der Waals surface area contributed by atoms with E-state index in [1.807, 2.05) is 13.8 Å². The highest BCUT2D eigenvalue weighted by Crippen LogP contribution is 2.35. The predicted octanol–water partition coefficient (Wildman–Crippen LogP) is 5.98. The quantitative estimate of drug-likeness (QED) is 0.220. The fraction of sp³-hybridized carbons (Fsp3) is 0.292. The number of nitrogens with zero attached hydrogens (tertiary/aromatic N) is 1. The number of carbonyl (C=O) groups excluding carboxylic acids is 2. The lowest BCUT2D eigenvalue weighted by Crippen LogP contribution is -2.34. The van der Waals surface area contributed by atoms with Crippen molar-refractivity contribution in [1.82, 2.24) is 4.90 Å². The molecule has 34 heavy (non-hydrogen) atoms. The summed E-state index contributed by atoms with van der Waals surface area (Å²) in [6, 6.07) is 10.5. The van der Waals surface area contributed by atoms with Crippen molar-refractivity contribution in [3.8, 4) is 11.5 Å². The molecule has 1 heterocycles. The van der Waals surface area contributed by atoms with E-state index >= 15 is 0 Å². The number of rotatable bonds is 9. The minimum absolute atomic E-state index is 0.166. The number of esters is 1. The highest BCUT2D eigenvalue weighted by atomic mass is 35.5. The van der Waals surface area contributed by atoms with Crippen LogP contribution in [0.3, 0.4) is 0 Å². The summed E-state index contributed by atoms with van der Waals surface area (Å²) in [6.07, 6.45) is 1.69. The van der Waals surface area contributed by atoms with Gasteiger partial charge in [0.05, 0.1) is 18.6 Å². The zero-order valence-electron chi connectivity index (χ0n) is 18.8. The summed E-state index contributed by atoms with van der Waals surface area (Å²) < 4.78 is 16.8. The second-order valence-electron chi connectivity index (χ2n) is 7.74. The third-order valence-electron chi connectivity index (χ3n) is 4.66. The van der Waals surface area contributed by atoms with Crippen molar-refractivity contribution in [2.45, 2.75) is 20.5 Å². The largest absolute Gasteiger partial charge is 0.493 e. The van der Waals surface area contributed by atoms with Gasteiger partial charge >= 0.3 is 5.97 Å². The smallest absolute Gasteiger partial charge is 0.326 e. The van der Waals surface area contributed by atoms with Gasteiger partial charge in [0.15, 0.2) is 11.5 Å². The van der Waals surface area contributed by atoms with Crippen LogP contribution in [0.2, 0.25) is 10.0 Å². The molecule has 0 spiro atoms. The van der Waals surface area contributed by atoms with Crippen LogP contribution in [0.1, 0.15) is 25.0 Å². The van der Waals surface area contributed by atoms with Crippen LogP contribution in [0.5, 0.6) is 11.5 Å². The van der Waals surface area contributed by atoms with Crippen LogP contribution in [0.25, 0.3) is 6.08 Å². The molecule has 10 heteroatoms. The molecule has 1 amide bonds. The van der Waals surface area contributed by atoms with E-state index in [0.717, 1.165) is 11.8 Å². The monoisotopic (exact) mass is 539 g/mol. The van der Waals surface area contributed by atoms with Gasteiger partial charge in [0.25, 0.3) is 5.91 Å². The van der Waals surface area contributed by atoms with Gasteiger partial charge in [0, 0.05) is 15.6 Å². The van der Waals surface area contributed by atoms with Gasteiger partial charge < -0.3 is 14.2 Å². The van der Waals surface area contributed by atoms with E-state index in [0.29, 0.717) is 48.5 Å². The Hall–Kier alpha value is -2.26. The first-order valence-electron chi connectivity index (χ1n) is 10.3. The molecule has 0 unspecified atom stereocenters. The average molecular weight is 540 g/mol. The highest BCUT2D eigenvalue weighted by molar-refractivity contribution is 8.26. The van der Waals surface area contributed by atoms with Gasteiger partial charge in [-0.1, -0.05) is 73.2 Å². The van der Waals surface area contributed by atoms with Crippen LogP contribution in [0.4, 0.5) is 0 Å². The lowest BCUT2D eigenvalue weighted by atomic mass is 10.1. The fourth-order valence-electron chi connectivity index (χ4n) is 2.94. The summed E-state index contributed by atoms with van der Waals surface area (Å²) in [4.78, 5) is 26.5. The summed E-state index contributed by atoms with van der Waals surface area (Å²) in [5.74, 6) is 0.344. The van der Waals surface area contributed by atoms with Gasteiger partial charge in [-0.15, -0.1) is 0 Å². The van der Waals surface area contributed by atoms with Gasteiger partial charge in [-0.3, -0.25) is 14.5 Å². The number of carbonyl (C=O) groups is 2. The molecule has 2 aromatic rings. The highest BCUT2D eigenvalue weighted by Gasteiger charge is 2.33. The maximum absolute atomic E-state index is 12.8. The molecule has 0 aromatic heterocycles. The van der Waals surface area contributed by atoms with Crippen LogP contribution >= 0.6 is 47.2 Å². The summed E-state index contributed by atoms with van der Waals surface area (Å²) in [7, 11) is 1.52. The molecule has 2 aromatic carbocycles. The maximum atomic E-state index is 12.8. The number of halogens is 2. The molecule has 1 aliphatic heterocycles. The Morgan fingerprint density at radius 2 is 1.88 bits per heavy atom. The summed E-state index contributed by atoms with van der Waals surface area (Å²) in [5.41, 5.74) is 1.38. The molecule has 1 aliphatic rings. The fourth-order valence-corrected chi connectivity index (χ4v) is 4.70. The molecule has 1 fully saturated rings. The molecule has 0 bridgehead atoms. The number of methoxy groups -OCH3 is 1. The Labute approximate surface area is 218 Å². The van der Waals surface area contributed by atoms with Crippen molar-refractivity contribution >= 4 is 69.5 Å². The molecule has 0 saturated carbocycles. The molecule has 0 radical (unpaired) electrons. The maximum Gasteiger partial charge on any atom is 0.326 e. The predicted molar refractivity (Wildman–Crippen MR) is 139 cm³/mol. The summed E-state index contributed by atoms with van der Waals surface area (Å²) >= 11 is 18.8. The number of thioether (sulfide) groups is 1. The van der Waals surface area contributed by atoms with E-state index in [2.05, 4.69) is 0 Å². The Morgan fingerprint density at radius 3 is 2.53 bits per heavy atom. The van der Waals surface area contributed by atoms with Crippen molar-refractivity contribution in [1.29, 1.82) is 0 Å². The Bertz CT molecular complexity index is 1120. The van der Waals surface area contributed by atoms with E-state index in [-0.39, 0.29) is 25.0 Å². The van der Waals surface area contributed by atoms with E-state index in [9.17, 15) is 9.59 Å². The minimum atomic E-state index is -0.493. The van der Waals surface area contributed by atoms with Gasteiger partial charge in [-0.05, 0) is 41.8 Å². The third kappa shape index (κ3) is 6.66. The first kappa shape index (κ1) is 26.3. The van der Waals surface area contributed by atoms with E-state index in [1.54, 1.807) is 42.5 Å². The lowest BCUT2D eigenvalue weighted by Gasteiger charge is -2.14. The Balaban J connectivity index is 1.71. The van der Waals surface area contributed by atoms with Crippen LogP contribution < -0.4 is 9.47 Å². The van der Waals surface area contributed by atoms with Crippen molar-refractivity contribution in [3.05, 3.63) is 62.5 Å². The lowest BCUT2D eigenvalue weighted by molar-refractivity contribution is -0.147. The molecule has 1 saturated heterocycles. The van der Waals surface area contributed by atoms with E-state index < -0.39 is 5.97 Å². The molecular weight excluding hydrogens is 517 g/mol. The molecule has 0 atom stereocenters. The molecular formula is C24H23Cl2NO5S2. The topological polar surface area (TPSA) is 65.1 Å². The van der Waals surface area contributed by atoms with Gasteiger partial charge in [0.1, 0.15) is 17.5 Å². The van der Waals surface area contributed by atoms with Crippen molar-refractivity contribution in [3.63, 3.8) is 0 Å². The van der Waals surface area contributed by atoms with Gasteiger partial charge in [-0.2, -0.15) is 0 Å². The first-order valence-corrected chi connectivity index (χ1v) is 12.3. The molecule has 0 N–H and O–H groups in total. The number of hydrogen-bond acceptors (Lipinski definition) is 7. The molecule has 0 aliphatic carbocycles. The van der Waals surface area contributed by atoms with Crippen molar-refractivity contribution < 1.29 is 23.8 Å². The van der Waals surface area contributed by atoms with Crippen LogP contribution in [-0.4, -0.2) is 41.4 Å². The summed E-state index contributed by atoms with van der Waals surface area (Å²) in [6.45, 7) is 4.12. The van der Waals surface area contributed by atoms with Crippen LogP contribution in [0, 0.1) is 5.92 Å². The molecule has 3 rings (SSSR count). The first-order chi connectivity index (χ1) is 16.2. The molecule has 180 valence electrons. The van der Waals surface area contributed by atoms with E-state index in [4.69, 9.17) is 49.6 Å². The number of benzene rings is 2. The van der Waals surface area contributed by atoms with Crippen LogP contribution in [-0.2, 0) is 20.9 Å². The summed E-state index contributed by atoms with van der Waals surface area (Å²) in [5, 5.41) is 1.02. The van der Waals surface area contributed by atoms with Gasteiger partial charge in [0.2, 0.25) is 0 Å². The third-order valence-corrected chi connectivity index (χ3v) is 6.74. The second kappa shape index (κ2) is 11.9. The van der Waals surface area contributed by atoms with Crippen molar-refractivity contribution in [2.24, 2.45) is 5.92 Å². The zero-order chi connectivity index (χ0) is 24.8. The normalized spacial score (nSPS) is 14.8. The Kier molecular flexibility index (Phi) is 9.24.